The quantitative estimate of drug-likeness (QED) is 0.869. The lowest BCUT2D eigenvalue weighted by Crippen LogP contribution is -2.46. The lowest BCUT2D eigenvalue weighted by molar-refractivity contribution is 0.280. The molecule has 2 heterocycles. The Hall–Kier alpha value is -1.61. The maximum Gasteiger partial charge on any atom is 0.0703 e. The van der Waals surface area contributed by atoms with Crippen LogP contribution in [0, 0.1) is 5.41 Å². The Morgan fingerprint density at radius 2 is 2.10 bits per heavy atom. The molecule has 1 fully saturated rings. The van der Waals surface area contributed by atoms with Crippen molar-refractivity contribution in [2.24, 2.45) is 5.41 Å². The maximum absolute atomic E-state index is 4.41. The van der Waals surface area contributed by atoms with Gasteiger partial charge in [-0.1, -0.05) is 26.8 Å². The van der Waals surface area contributed by atoms with E-state index in [-0.39, 0.29) is 5.41 Å². The standard InChI is InChI=1S/C18H25N3/c1-18(2,3)17-13-21(11-5-10-20-17)15-7-8-16-14(12-15)6-4-9-19-16/h4,6-9,12,17,20H,5,10-11,13H2,1-3H3. The molecule has 0 amide bonds. The fourth-order valence-corrected chi connectivity index (χ4v) is 3.00. The molecule has 1 N–H and O–H groups in total. The number of anilines is 1. The summed E-state index contributed by atoms with van der Waals surface area (Å²) in [5.41, 5.74) is 2.66. The first kappa shape index (κ1) is 14.3. The van der Waals surface area contributed by atoms with Crippen LogP contribution in [0.25, 0.3) is 10.9 Å². The Labute approximate surface area is 127 Å². The van der Waals surface area contributed by atoms with Crippen LogP contribution in [0.3, 0.4) is 0 Å². The highest BCUT2D eigenvalue weighted by Crippen LogP contribution is 2.26. The van der Waals surface area contributed by atoms with Crippen LogP contribution in [0.2, 0.25) is 0 Å². The van der Waals surface area contributed by atoms with E-state index in [1.807, 2.05) is 12.3 Å². The Morgan fingerprint density at radius 1 is 1.24 bits per heavy atom. The van der Waals surface area contributed by atoms with Gasteiger partial charge in [-0.15, -0.1) is 0 Å². The molecule has 1 aliphatic heterocycles. The average Bonchev–Trinajstić information content (AvgIpc) is 2.72. The molecule has 0 aliphatic carbocycles. The number of rotatable bonds is 1. The summed E-state index contributed by atoms with van der Waals surface area (Å²) in [7, 11) is 0. The Kier molecular flexibility index (Phi) is 3.85. The Bertz CT molecular complexity index is 615. The molecule has 1 aromatic carbocycles. The van der Waals surface area contributed by atoms with Crippen LogP contribution < -0.4 is 10.2 Å². The van der Waals surface area contributed by atoms with Gasteiger partial charge in [-0.25, -0.2) is 0 Å². The van der Waals surface area contributed by atoms with Crippen LogP contribution in [0.5, 0.6) is 0 Å². The maximum atomic E-state index is 4.41. The summed E-state index contributed by atoms with van der Waals surface area (Å²) in [6.07, 6.45) is 3.05. The highest BCUT2D eigenvalue weighted by Gasteiger charge is 2.28. The molecule has 0 spiro atoms. The van der Waals surface area contributed by atoms with E-state index in [9.17, 15) is 0 Å². The molecular formula is C18H25N3. The van der Waals surface area contributed by atoms with Crippen LogP contribution in [0.1, 0.15) is 27.2 Å². The smallest absolute Gasteiger partial charge is 0.0703 e. The molecule has 1 unspecified atom stereocenters. The van der Waals surface area contributed by atoms with Crippen LogP contribution in [0.15, 0.2) is 36.5 Å². The van der Waals surface area contributed by atoms with Crippen molar-refractivity contribution in [3.8, 4) is 0 Å². The van der Waals surface area contributed by atoms with Crippen molar-refractivity contribution >= 4 is 16.6 Å². The van der Waals surface area contributed by atoms with Gasteiger partial charge in [0.15, 0.2) is 0 Å². The van der Waals surface area contributed by atoms with E-state index in [4.69, 9.17) is 0 Å². The minimum absolute atomic E-state index is 0.279. The first-order valence-electron chi connectivity index (χ1n) is 7.87. The molecule has 1 aliphatic rings. The first-order chi connectivity index (χ1) is 10.0. The van der Waals surface area contributed by atoms with Crippen molar-refractivity contribution < 1.29 is 0 Å². The lowest BCUT2D eigenvalue weighted by atomic mass is 9.86. The lowest BCUT2D eigenvalue weighted by Gasteiger charge is -2.34. The average molecular weight is 283 g/mol. The summed E-state index contributed by atoms with van der Waals surface area (Å²) < 4.78 is 0. The molecular weight excluding hydrogens is 258 g/mol. The van der Waals surface area contributed by atoms with Crippen molar-refractivity contribution in [3.05, 3.63) is 36.5 Å². The second-order valence-corrected chi connectivity index (χ2v) is 7.05. The molecule has 2 aromatic rings. The number of fused-ring (bicyclic) bond motifs is 1. The summed E-state index contributed by atoms with van der Waals surface area (Å²) in [4.78, 5) is 6.93. The van der Waals surface area contributed by atoms with Gasteiger partial charge in [-0.05, 0) is 42.6 Å². The minimum Gasteiger partial charge on any atom is -0.370 e. The molecule has 0 bridgehead atoms. The third-order valence-corrected chi connectivity index (χ3v) is 4.40. The molecule has 0 radical (unpaired) electrons. The van der Waals surface area contributed by atoms with E-state index in [0.29, 0.717) is 6.04 Å². The van der Waals surface area contributed by atoms with Crippen LogP contribution in [-0.2, 0) is 0 Å². The molecule has 3 nitrogen and oxygen atoms in total. The van der Waals surface area contributed by atoms with E-state index in [0.717, 1.165) is 25.2 Å². The molecule has 0 saturated carbocycles. The molecule has 21 heavy (non-hydrogen) atoms. The van der Waals surface area contributed by atoms with Crippen LogP contribution in [0.4, 0.5) is 5.69 Å². The van der Waals surface area contributed by atoms with Gasteiger partial charge in [0.2, 0.25) is 0 Å². The van der Waals surface area contributed by atoms with Crippen molar-refractivity contribution in [2.45, 2.75) is 33.2 Å². The zero-order valence-electron chi connectivity index (χ0n) is 13.3. The molecule has 1 atom stereocenters. The van der Waals surface area contributed by atoms with Gasteiger partial charge in [0.05, 0.1) is 5.52 Å². The summed E-state index contributed by atoms with van der Waals surface area (Å²) in [6, 6.07) is 11.3. The predicted molar refractivity (Wildman–Crippen MR) is 89.8 cm³/mol. The third kappa shape index (κ3) is 3.18. The number of hydrogen-bond acceptors (Lipinski definition) is 3. The summed E-state index contributed by atoms with van der Waals surface area (Å²) in [6.45, 7) is 10.2. The summed E-state index contributed by atoms with van der Waals surface area (Å²) in [5.74, 6) is 0. The first-order valence-corrected chi connectivity index (χ1v) is 7.87. The van der Waals surface area contributed by atoms with Gasteiger partial charge >= 0.3 is 0 Å². The van der Waals surface area contributed by atoms with E-state index in [1.54, 1.807) is 0 Å². The van der Waals surface area contributed by atoms with Crippen molar-refractivity contribution in [1.82, 2.24) is 10.3 Å². The minimum atomic E-state index is 0.279. The van der Waals surface area contributed by atoms with Crippen molar-refractivity contribution in [2.75, 3.05) is 24.5 Å². The number of nitrogens with one attached hydrogen (secondary N) is 1. The monoisotopic (exact) mass is 283 g/mol. The molecule has 1 saturated heterocycles. The number of nitrogens with zero attached hydrogens (tertiary/aromatic N) is 2. The zero-order valence-corrected chi connectivity index (χ0v) is 13.3. The van der Waals surface area contributed by atoms with Gasteiger partial charge in [-0.3, -0.25) is 4.98 Å². The number of benzene rings is 1. The Balaban J connectivity index is 1.89. The van der Waals surface area contributed by atoms with Crippen LogP contribution in [-0.4, -0.2) is 30.7 Å². The van der Waals surface area contributed by atoms with E-state index >= 15 is 0 Å². The van der Waals surface area contributed by atoms with Gasteiger partial charge in [-0.2, -0.15) is 0 Å². The zero-order chi connectivity index (χ0) is 14.9. The third-order valence-electron chi connectivity index (χ3n) is 4.40. The molecule has 3 heteroatoms. The van der Waals surface area contributed by atoms with Crippen LogP contribution >= 0.6 is 0 Å². The molecule has 1 aromatic heterocycles. The van der Waals surface area contributed by atoms with E-state index < -0.39 is 0 Å². The van der Waals surface area contributed by atoms with Crippen molar-refractivity contribution in [3.63, 3.8) is 0 Å². The summed E-state index contributed by atoms with van der Waals surface area (Å²) in [5, 5.41) is 4.93. The Morgan fingerprint density at radius 3 is 2.90 bits per heavy atom. The molecule has 112 valence electrons. The van der Waals surface area contributed by atoms with Gasteiger partial charge in [0, 0.05) is 36.4 Å². The summed E-state index contributed by atoms with van der Waals surface area (Å²) >= 11 is 0. The fraction of sp³-hybridized carbons (Fsp3) is 0.500. The van der Waals surface area contributed by atoms with Gasteiger partial charge in [0.25, 0.3) is 0 Å². The predicted octanol–water partition coefficient (Wildman–Crippen LogP) is 3.45. The highest BCUT2D eigenvalue weighted by molar-refractivity contribution is 5.82. The number of hydrogen-bond donors (Lipinski definition) is 1. The molecule has 3 rings (SSSR count). The highest BCUT2D eigenvalue weighted by atomic mass is 15.2. The normalized spacial score (nSPS) is 20.5. The van der Waals surface area contributed by atoms with Gasteiger partial charge < -0.3 is 10.2 Å². The van der Waals surface area contributed by atoms with E-state index in [2.05, 4.69) is 60.2 Å². The fourth-order valence-electron chi connectivity index (χ4n) is 3.00. The van der Waals surface area contributed by atoms with E-state index in [1.165, 1.54) is 17.5 Å². The number of aromatic nitrogens is 1. The van der Waals surface area contributed by atoms with Gasteiger partial charge in [0.1, 0.15) is 0 Å². The SMILES string of the molecule is CC(C)(C)C1CN(c2ccc3ncccc3c2)CCCN1. The second-order valence-electron chi connectivity index (χ2n) is 7.05. The second kappa shape index (κ2) is 5.64. The topological polar surface area (TPSA) is 28.2 Å². The van der Waals surface area contributed by atoms with Crippen molar-refractivity contribution in [1.29, 1.82) is 0 Å². The largest absolute Gasteiger partial charge is 0.370 e. The number of pyridine rings is 1.